The quantitative estimate of drug-likeness (QED) is 0.600. The molecule has 5 heteroatoms. The Labute approximate surface area is 159 Å². The smallest absolute Gasteiger partial charge is 0.237 e. The molecule has 3 aromatic rings. The van der Waals surface area contributed by atoms with Crippen LogP contribution in [0.25, 0.3) is 10.9 Å². The number of nitrogens with one attached hydrogen (secondary N) is 2. The predicted molar refractivity (Wildman–Crippen MR) is 109 cm³/mol. The second kappa shape index (κ2) is 8.27. The fraction of sp³-hybridized carbons (Fsp3) is 0.318. The maximum atomic E-state index is 12.4. The van der Waals surface area contributed by atoms with E-state index in [4.69, 9.17) is 10.5 Å². The van der Waals surface area contributed by atoms with E-state index in [1.54, 1.807) is 7.11 Å². The zero-order valence-corrected chi connectivity index (χ0v) is 16.0. The summed E-state index contributed by atoms with van der Waals surface area (Å²) in [5, 5.41) is 4.19. The Kier molecular flexibility index (Phi) is 5.81. The standard InChI is InChI=1S/C22H27N3O2/c1-14(2)21(23)22(26)25-12-18(15-8-10-16(27-3)11-9-15)19-13-24-20-7-5-4-6-17(19)20/h4-11,13-14,18,21,24H,12,23H2,1-3H3,(H,25,26)/t18?,21-/m0/s1. The number of aromatic amines is 1. The molecule has 1 aromatic heterocycles. The Morgan fingerprint density at radius 1 is 1.15 bits per heavy atom. The van der Waals surface area contributed by atoms with Gasteiger partial charge in [-0.1, -0.05) is 44.2 Å². The molecule has 5 nitrogen and oxygen atoms in total. The first-order valence-electron chi connectivity index (χ1n) is 9.24. The van der Waals surface area contributed by atoms with E-state index < -0.39 is 6.04 Å². The van der Waals surface area contributed by atoms with Crippen LogP contribution in [-0.4, -0.2) is 30.6 Å². The van der Waals surface area contributed by atoms with E-state index in [2.05, 4.69) is 22.4 Å². The second-order valence-corrected chi connectivity index (χ2v) is 7.13. The van der Waals surface area contributed by atoms with Crippen LogP contribution in [0.1, 0.15) is 30.9 Å². The highest BCUT2D eigenvalue weighted by atomic mass is 16.5. The lowest BCUT2D eigenvalue weighted by atomic mass is 9.90. The van der Waals surface area contributed by atoms with Gasteiger partial charge < -0.3 is 20.8 Å². The molecule has 2 aromatic carbocycles. The number of carbonyl (C=O) groups excluding carboxylic acids is 1. The first kappa shape index (κ1) is 19.0. The lowest BCUT2D eigenvalue weighted by Gasteiger charge is -2.21. The fourth-order valence-electron chi connectivity index (χ4n) is 3.25. The summed E-state index contributed by atoms with van der Waals surface area (Å²) >= 11 is 0. The van der Waals surface area contributed by atoms with Crippen LogP contribution in [0.4, 0.5) is 0 Å². The first-order chi connectivity index (χ1) is 13.0. The number of hydrogen-bond acceptors (Lipinski definition) is 3. The van der Waals surface area contributed by atoms with Gasteiger partial charge in [0.05, 0.1) is 13.2 Å². The minimum absolute atomic E-state index is 0.00960. The van der Waals surface area contributed by atoms with E-state index in [0.717, 1.165) is 27.8 Å². The minimum atomic E-state index is -0.510. The lowest BCUT2D eigenvalue weighted by molar-refractivity contribution is -0.123. The third kappa shape index (κ3) is 4.14. The highest BCUT2D eigenvalue weighted by molar-refractivity contribution is 5.85. The molecule has 27 heavy (non-hydrogen) atoms. The van der Waals surface area contributed by atoms with Crippen LogP contribution in [0.5, 0.6) is 5.75 Å². The summed E-state index contributed by atoms with van der Waals surface area (Å²) in [4.78, 5) is 15.7. The van der Waals surface area contributed by atoms with Crippen molar-refractivity contribution in [1.29, 1.82) is 0 Å². The molecule has 1 unspecified atom stereocenters. The van der Waals surface area contributed by atoms with E-state index >= 15 is 0 Å². The maximum Gasteiger partial charge on any atom is 0.237 e. The van der Waals surface area contributed by atoms with Crippen molar-refractivity contribution in [3.8, 4) is 5.75 Å². The number of aromatic nitrogens is 1. The number of benzene rings is 2. The van der Waals surface area contributed by atoms with E-state index in [1.165, 1.54) is 0 Å². The molecule has 3 rings (SSSR count). The second-order valence-electron chi connectivity index (χ2n) is 7.13. The van der Waals surface area contributed by atoms with Crippen molar-refractivity contribution in [2.75, 3.05) is 13.7 Å². The van der Waals surface area contributed by atoms with Crippen molar-refractivity contribution >= 4 is 16.8 Å². The average molecular weight is 365 g/mol. The van der Waals surface area contributed by atoms with Gasteiger partial charge in [-0.25, -0.2) is 0 Å². The Morgan fingerprint density at radius 2 is 1.85 bits per heavy atom. The molecule has 0 aliphatic carbocycles. The van der Waals surface area contributed by atoms with E-state index in [9.17, 15) is 4.79 Å². The zero-order chi connectivity index (χ0) is 19.4. The summed E-state index contributed by atoms with van der Waals surface area (Å²) in [6, 6.07) is 15.6. The van der Waals surface area contributed by atoms with Crippen molar-refractivity contribution < 1.29 is 9.53 Å². The highest BCUT2D eigenvalue weighted by Crippen LogP contribution is 2.31. The SMILES string of the molecule is COc1ccc(C(CNC(=O)[C@@H](N)C(C)C)c2c[nH]c3ccccc23)cc1. The van der Waals surface area contributed by atoms with Gasteiger partial charge in [-0.15, -0.1) is 0 Å². The molecule has 142 valence electrons. The summed E-state index contributed by atoms with van der Waals surface area (Å²) in [5.74, 6) is 0.790. The molecule has 0 aliphatic rings. The Morgan fingerprint density at radius 3 is 2.52 bits per heavy atom. The molecule has 4 N–H and O–H groups in total. The number of H-pyrrole nitrogens is 1. The third-order valence-corrected chi connectivity index (χ3v) is 5.02. The van der Waals surface area contributed by atoms with Crippen molar-refractivity contribution in [2.45, 2.75) is 25.8 Å². The zero-order valence-electron chi connectivity index (χ0n) is 16.0. The van der Waals surface area contributed by atoms with Gasteiger partial charge in [0.25, 0.3) is 0 Å². The van der Waals surface area contributed by atoms with Crippen LogP contribution in [0.3, 0.4) is 0 Å². The van der Waals surface area contributed by atoms with E-state index in [0.29, 0.717) is 6.54 Å². The number of rotatable bonds is 7. The summed E-state index contributed by atoms with van der Waals surface area (Å²) in [5.41, 5.74) is 9.33. The van der Waals surface area contributed by atoms with Crippen LogP contribution < -0.4 is 15.8 Å². The number of carbonyl (C=O) groups is 1. The molecule has 1 amide bonds. The van der Waals surface area contributed by atoms with Crippen LogP contribution in [0.15, 0.2) is 54.7 Å². The van der Waals surface area contributed by atoms with Crippen molar-refractivity contribution in [3.63, 3.8) is 0 Å². The predicted octanol–water partition coefficient (Wildman–Crippen LogP) is 3.41. The third-order valence-electron chi connectivity index (χ3n) is 5.02. The number of amides is 1. The average Bonchev–Trinajstić information content (AvgIpc) is 3.12. The molecule has 2 atom stereocenters. The van der Waals surface area contributed by atoms with Gasteiger partial charge in [-0.3, -0.25) is 4.79 Å². The van der Waals surface area contributed by atoms with Crippen molar-refractivity contribution in [1.82, 2.24) is 10.3 Å². The molecule has 0 fully saturated rings. The Hall–Kier alpha value is -2.79. The molecule has 1 heterocycles. The van der Waals surface area contributed by atoms with Gasteiger partial charge in [-0.2, -0.15) is 0 Å². The van der Waals surface area contributed by atoms with E-state index in [-0.39, 0.29) is 17.7 Å². The topological polar surface area (TPSA) is 80.1 Å². The molecule has 0 saturated heterocycles. The number of nitrogens with two attached hydrogens (primary N) is 1. The summed E-state index contributed by atoms with van der Waals surface area (Å²) in [6.07, 6.45) is 2.02. The van der Waals surface area contributed by atoms with Gasteiger partial charge >= 0.3 is 0 Å². The van der Waals surface area contributed by atoms with Crippen LogP contribution in [0, 0.1) is 5.92 Å². The molecule has 0 aliphatic heterocycles. The number of fused-ring (bicyclic) bond motifs is 1. The molecule has 0 spiro atoms. The molecule has 0 saturated carbocycles. The number of hydrogen-bond donors (Lipinski definition) is 3. The van der Waals surface area contributed by atoms with E-state index in [1.807, 2.05) is 56.4 Å². The minimum Gasteiger partial charge on any atom is -0.497 e. The van der Waals surface area contributed by atoms with Gasteiger partial charge in [-0.05, 0) is 35.2 Å². The van der Waals surface area contributed by atoms with Gasteiger partial charge in [0.2, 0.25) is 5.91 Å². The Balaban J connectivity index is 1.92. The van der Waals surface area contributed by atoms with Gasteiger partial charge in [0.15, 0.2) is 0 Å². The van der Waals surface area contributed by atoms with Gasteiger partial charge in [0, 0.05) is 29.6 Å². The summed E-state index contributed by atoms with van der Waals surface area (Å²) in [7, 11) is 1.65. The molecule has 0 radical (unpaired) electrons. The number of ether oxygens (including phenoxy) is 1. The monoisotopic (exact) mass is 365 g/mol. The highest BCUT2D eigenvalue weighted by Gasteiger charge is 2.22. The number of para-hydroxylation sites is 1. The van der Waals surface area contributed by atoms with Crippen LogP contribution in [0.2, 0.25) is 0 Å². The summed E-state index contributed by atoms with van der Waals surface area (Å²) < 4.78 is 5.27. The Bertz CT molecular complexity index is 899. The molecular formula is C22H27N3O2. The summed E-state index contributed by atoms with van der Waals surface area (Å²) in [6.45, 7) is 4.38. The maximum absolute atomic E-state index is 12.4. The van der Waals surface area contributed by atoms with Crippen molar-refractivity contribution in [2.24, 2.45) is 11.7 Å². The van der Waals surface area contributed by atoms with Crippen LogP contribution in [-0.2, 0) is 4.79 Å². The number of methoxy groups -OCH3 is 1. The van der Waals surface area contributed by atoms with Crippen LogP contribution >= 0.6 is 0 Å². The lowest BCUT2D eigenvalue weighted by Crippen LogP contribution is -2.45. The van der Waals surface area contributed by atoms with Gasteiger partial charge in [0.1, 0.15) is 5.75 Å². The normalized spacial score (nSPS) is 13.5. The molecular weight excluding hydrogens is 338 g/mol. The van der Waals surface area contributed by atoms with Crippen molar-refractivity contribution in [3.05, 3.63) is 65.9 Å². The first-order valence-corrected chi connectivity index (χ1v) is 9.24. The molecule has 0 bridgehead atoms. The fourth-order valence-corrected chi connectivity index (χ4v) is 3.25. The largest absolute Gasteiger partial charge is 0.497 e.